The lowest BCUT2D eigenvalue weighted by Gasteiger charge is -2.07. The molecule has 0 saturated carbocycles. The van der Waals surface area contributed by atoms with Gasteiger partial charge in [0.15, 0.2) is 5.82 Å². The highest BCUT2D eigenvalue weighted by molar-refractivity contribution is 6.33. The molecule has 0 aliphatic rings. The monoisotopic (exact) mass is 435 g/mol. The highest BCUT2D eigenvalue weighted by Gasteiger charge is 2.32. The van der Waals surface area contributed by atoms with Crippen molar-refractivity contribution in [3.8, 4) is 11.4 Å². The molecule has 0 aliphatic carbocycles. The van der Waals surface area contributed by atoms with Crippen LogP contribution >= 0.6 is 11.6 Å². The first-order valence-electron chi connectivity index (χ1n) is 8.65. The zero-order chi connectivity index (χ0) is 21.5. The Labute approximate surface area is 172 Å². The minimum atomic E-state index is -4.52. The Kier molecular flexibility index (Phi) is 4.94. The van der Waals surface area contributed by atoms with Gasteiger partial charge in [-0.1, -0.05) is 29.8 Å². The number of oxazole rings is 1. The summed E-state index contributed by atoms with van der Waals surface area (Å²) in [6.07, 6.45) is -3.46. The summed E-state index contributed by atoms with van der Waals surface area (Å²) < 4.78 is 44.6. The molecule has 0 spiro atoms. The number of pyridine rings is 1. The molecule has 0 atom stereocenters. The molecule has 11 heteroatoms. The molecule has 4 rings (SSSR count). The van der Waals surface area contributed by atoms with E-state index in [1.54, 1.807) is 31.2 Å². The third-order valence-electron chi connectivity index (χ3n) is 4.31. The molecule has 30 heavy (non-hydrogen) atoms. The molecule has 0 radical (unpaired) electrons. The van der Waals surface area contributed by atoms with Crippen LogP contribution in [0.4, 0.5) is 13.2 Å². The molecule has 3 heterocycles. The number of rotatable bonds is 4. The molecular weight excluding hydrogens is 423 g/mol. The molecule has 1 amide bonds. The number of halogens is 4. The molecule has 0 unspecified atom stereocenters. The maximum absolute atomic E-state index is 12.6. The second-order valence-electron chi connectivity index (χ2n) is 6.36. The van der Waals surface area contributed by atoms with Crippen LogP contribution in [0, 0.1) is 6.92 Å². The zero-order valence-electron chi connectivity index (χ0n) is 15.4. The van der Waals surface area contributed by atoms with Crippen molar-refractivity contribution in [3.63, 3.8) is 0 Å². The molecule has 154 valence electrons. The average molecular weight is 436 g/mol. The van der Waals surface area contributed by atoms with Gasteiger partial charge in [0, 0.05) is 18.3 Å². The minimum Gasteiger partial charge on any atom is -0.416 e. The summed E-state index contributed by atoms with van der Waals surface area (Å²) >= 11 is 6.16. The van der Waals surface area contributed by atoms with Crippen LogP contribution in [0.15, 0.2) is 47.0 Å². The van der Waals surface area contributed by atoms with Gasteiger partial charge in [0.2, 0.25) is 5.76 Å². The number of amides is 1. The number of hydrogen-bond acceptors (Lipinski definition) is 5. The van der Waals surface area contributed by atoms with E-state index in [0.717, 1.165) is 12.3 Å². The maximum Gasteiger partial charge on any atom is 0.433 e. The van der Waals surface area contributed by atoms with Crippen LogP contribution in [0.3, 0.4) is 0 Å². The largest absolute Gasteiger partial charge is 0.433 e. The lowest BCUT2D eigenvalue weighted by Crippen LogP contribution is -2.23. The predicted molar refractivity (Wildman–Crippen MR) is 101 cm³/mol. The minimum absolute atomic E-state index is 0.00409. The third-order valence-corrected chi connectivity index (χ3v) is 4.64. The van der Waals surface area contributed by atoms with Crippen LogP contribution in [0.2, 0.25) is 5.02 Å². The van der Waals surface area contributed by atoms with E-state index in [1.165, 1.54) is 10.6 Å². The number of alkyl halides is 3. The van der Waals surface area contributed by atoms with Gasteiger partial charge in [-0.15, -0.1) is 5.10 Å². The first-order chi connectivity index (χ1) is 14.2. The van der Waals surface area contributed by atoms with Gasteiger partial charge in [-0.3, -0.25) is 9.78 Å². The summed E-state index contributed by atoms with van der Waals surface area (Å²) in [6, 6.07) is 9.15. The lowest BCUT2D eigenvalue weighted by molar-refractivity contribution is -0.141. The van der Waals surface area contributed by atoms with Gasteiger partial charge in [-0.2, -0.15) is 22.7 Å². The smallest absolute Gasteiger partial charge is 0.416 e. The average Bonchev–Trinajstić information content (AvgIpc) is 3.25. The van der Waals surface area contributed by atoms with Crippen molar-refractivity contribution < 1.29 is 22.4 Å². The molecular formula is C19H13ClF3N5O2. The Hall–Kier alpha value is -3.40. The number of carbonyl (C=O) groups is 1. The zero-order valence-corrected chi connectivity index (χ0v) is 16.1. The van der Waals surface area contributed by atoms with Gasteiger partial charge in [0.05, 0.1) is 10.7 Å². The number of aryl methyl sites for hydroxylation is 1. The van der Waals surface area contributed by atoms with E-state index in [0.29, 0.717) is 27.7 Å². The summed E-state index contributed by atoms with van der Waals surface area (Å²) in [5, 5.41) is 7.38. The maximum atomic E-state index is 12.6. The van der Waals surface area contributed by atoms with E-state index in [2.05, 4.69) is 20.4 Å². The summed E-state index contributed by atoms with van der Waals surface area (Å²) in [5.74, 6) is -0.0939. The summed E-state index contributed by atoms with van der Waals surface area (Å²) in [6.45, 7) is 1.61. The molecule has 7 nitrogen and oxygen atoms in total. The molecule has 0 aliphatic heterocycles. The molecule has 4 aromatic rings. The number of hydrogen-bond donors (Lipinski definition) is 1. The van der Waals surface area contributed by atoms with Crippen LogP contribution in [-0.4, -0.2) is 25.5 Å². The second kappa shape index (κ2) is 7.45. The first kappa shape index (κ1) is 19.9. The Morgan fingerprint density at radius 1 is 1.23 bits per heavy atom. The van der Waals surface area contributed by atoms with Gasteiger partial charge >= 0.3 is 12.0 Å². The fourth-order valence-corrected chi connectivity index (χ4v) is 2.99. The number of fused-ring (bicyclic) bond motifs is 1. The number of nitrogens with one attached hydrogen (secondary N) is 1. The molecule has 1 aromatic carbocycles. The molecule has 0 bridgehead atoms. The standard InChI is InChI=1S/C19H13ClF3N5O2/c1-10-15(17(29)25-9-11-6-7-14(24-8-11)19(21,22)23)30-18-26-16(27-28(10)18)12-4-2-3-5-13(12)20/h2-8H,9H2,1H3,(H,25,29). The third kappa shape index (κ3) is 3.73. The highest BCUT2D eigenvalue weighted by Crippen LogP contribution is 2.28. The topological polar surface area (TPSA) is 85.3 Å². The van der Waals surface area contributed by atoms with Crippen LogP contribution in [0.1, 0.15) is 27.5 Å². The lowest BCUT2D eigenvalue weighted by atomic mass is 10.2. The number of benzene rings is 1. The highest BCUT2D eigenvalue weighted by atomic mass is 35.5. The van der Waals surface area contributed by atoms with E-state index >= 15 is 0 Å². The van der Waals surface area contributed by atoms with Crippen LogP contribution in [0.5, 0.6) is 0 Å². The van der Waals surface area contributed by atoms with Crippen molar-refractivity contribution in [2.45, 2.75) is 19.6 Å². The SMILES string of the molecule is Cc1c(C(=O)NCc2ccc(C(F)(F)F)nc2)oc2nc(-c3ccccc3Cl)nn12. The van der Waals surface area contributed by atoms with Gasteiger partial charge in [0.1, 0.15) is 5.69 Å². The van der Waals surface area contributed by atoms with Crippen LogP contribution in [-0.2, 0) is 12.7 Å². The predicted octanol–water partition coefficient (Wildman–Crippen LogP) is 4.29. The van der Waals surface area contributed by atoms with E-state index in [4.69, 9.17) is 16.0 Å². The van der Waals surface area contributed by atoms with E-state index in [9.17, 15) is 18.0 Å². The Balaban J connectivity index is 1.50. The number of nitrogens with zero attached hydrogens (tertiary/aromatic N) is 4. The fraction of sp³-hybridized carbons (Fsp3) is 0.158. The number of carbonyl (C=O) groups excluding carboxylic acids is 1. The van der Waals surface area contributed by atoms with Gasteiger partial charge < -0.3 is 9.73 Å². The number of aromatic nitrogens is 4. The van der Waals surface area contributed by atoms with Crippen molar-refractivity contribution in [1.29, 1.82) is 0 Å². The van der Waals surface area contributed by atoms with Crippen LogP contribution < -0.4 is 5.32 Å². The van der Waals surface area contributed by atoms with Gasteiger partial charge in [0.25, 0.3) is 5.91 Å². The summed E-state index contributed by atoms with van der Waals surface area (Å²) in [5.41, 5.74) is 0.447. The summed E-state index contributed by atoms with van der Waals surface area (Å²) in [4.78, 5) is 20.1. The second-order valence-corrected chi connectivity index (χ2v) is 6.77. The van der Waals surface area contributed by atoms with Crippen molar-refractivity contribution in [2.75, 3.05) is 0 Å². The van der Waals surface area contributed by atoms with Crippen LogP contribution in [0.25, 0.3) is 17.2 Å². The van der Waals surface area contributed by atoms with Crippen molar-refractivity contribution in [2.24, 2.45) is 0 Å². The normalized spacial score (nSPS) is 11.8. The molecule has 3 aromatic heterocycles. The van der Waals surface area contributed by atoms with E-state index in [-0.39, 0.29) is 18.1 Å². The fourth-order valence-electron chi connectivity index (χ4n) is 2.77. The van der Waals surface area contributed by atoms with Crippen molar-refractivity contribution in [1.82, 2.24) is 24.9 Å². The first-order valence-corrected chi connectivity index (χ1v) is 9.03. The molecule has 0 fully saturated rings. The van der Waals surface area contributed by atoms with Gasteiger partial charge in [-0.05, 0) is 30.7 Å². The van der Waals surface area contributed by atoms with Gasteiger partial charge in [-0.25, -0.2) is 0 Å². The quantitative estimate of drug-likeness (QED) is 0.516. The summed E-state index contributed by atoms with van der Waals surface area (Å²) in [7, 11) is 0. The van der Waals surface area contributed by atoms with Crippen molar-refractivity contribution >= 4 is 23.4 Å². The van der Waals surface area contributed by atoms with E-state index in [1.807, 2.05) is 0 Å². The molecule has 1 N–H and O–H groups in total. The Morgan fingerprint density at radius 3 is 2.63 bits per heavy atom. The Morgan fingerprint density at radius 2 is 2.00 bits per heavy atom. The van der Waals surface area contributed by atoms with Crippen molar-refractivity contribution in [3.05, 3.63) is 70.3 Å². The van der Waals surface area contributed by atoms with E-state index < -0.39 is 17.8 Å². The molecule has 0 saturated heterocycles. The Bertz CT molecular complexity index is 1230.